The van der Waals surface area contributed by atoms with Crippen molar-refractivity contribution in [2.24, 2.45) is 39.9 Å². The maximum Gasteiger partial charge on any atom is 0.0652 e. The Morgan fingerprint density at radius 1 is 1.00 bits per heavy atom. The molecule has 0 bridgehead atoms. The number of fused-ring (bicyclic) bond motifs is 8. The first-order valence-electron chi connectivity index (χ1n) is 14.9. The van der Waals surface area contributed by atoms with Gasteiger partial charge in [-0.15, -0.1) is 0 Å². The zero-order valence-electron chi connectivity index (χ0n) is 23.9. The third kappa shape index (κ3) is 3.25. The van der Waals surface area contributed by atoms with Crippen LogP contribution in [0.5, 0.6) is 0 Å². The topological polar surface area (TPSA) is 76.5 Å². The van der Waals surface area contributed by atoms with Crippen LogP contribution in [-0.4, -0.2) is 38.6 Å². The third-order valence-electron chi connectivity index (χ3n) is 13.2. The van der Waals surface area contributed by atoms with E-state index in [2.05, 4.69) is 63.9 Å². The van der Waals surface area contributed by atoms with E-state index in [0.717, 1.165) is 25.7 Å². The van der Waals surface area contributed by atoms with Gasteiger partial charge in [-0.3, -0.25) is 0 Å². The van der Waals surface area contributed by atoms with Crippen molar-refractivity contribution in [2.75, 3.05) is 6.61 Å². The van der Waals surface area contributed by atoms with Crippen molar-refractivity contribution in [1.82, 2.24) is 4.98 Å². The molecular weight excluding hydrogens is 458 g/mol. The summed E-state index contributed by atoms with van der Waals surface area (Å²) in [6, 6.07) is 8.81. The van der Waals surface area contributed by atoms with E-state index in [4.69, 9.17) is 0 Å². The summed E-state index contributed by atoms with van der Waals surface area (Å²) in [6.07, 6.45) is 7.20. The van der Waals surface area contributed by atoms with Crippen molar-refractivity contribution in [1.29, 1.82) is 0 Å². The summed E-state index contributed by atoms with van der Waals surface area (Å²) in [5.74, 6) is 1.21. The molecule has 3 saturated carbocycles. The zero-order chi connectivity index (χ0) is 26.6. The SMILES string of the molecule is CC1(C)c2[nH]c3ccccc3c2C[C@]2(C)[C@H]3C[C@@H](O)[C@@H]4[C@@H]([C@@](C)(O)CCCO)CC[C@@]4(C)[C@]3(C)CC[C@@H]12. The molecule has 37 heavy (non-hydrogen) atoms. The number of aromatic nitrogens is 1. The summed E-state index contributed by atoms with van der Waals surface area (Å²) < 4.78 is 0. The lowest BCUT2D eigenvalue weighted by Crippen LogP contribution is -2.66. The van der Waals surface area contributed by atoms with Crippen LogP contribution in [0, 0.1) is 39.9 Å². The molecule has 6 rings (SSSR count). The maximum absolute atomic E-state index is 12.0. The number of hydrogen-bond donors (Lipinski definition) is 4. The highest BCUT2D eigenvalue weighted by Crippen LogP contribution is 2.75. The van der Waals surface area contributed by atoms with Crippen LogP contribution >= 0.6 is 0 Å². The van der Waals surface area contributed by atoms with Gasteiger partial charge in [0.05, 0.1) is 11.7 Å². The molecule has 204 valence electrons. The van der Waals surface area contributed by atoms with E-state index in [-0.39, 0.29) is 46.2 Å². The van der Waals surface area contributed by atoms with E-state index in [0.29, 0.717) is 24.7 Å². The van der Waals surface area contributed by atoms with E-state index < -0.39 is 5.60 Å². The van der Waals surface area contributed by atoms with Gasteiger partial charge in [-0.25, -0.2) is 0 Å². The average Bonchev–Trinajstić information content (AvgIpc) is 3.40. The Labute approximate surface area is 223 Å². The first-order chi connectivity index (χ1) is 17.3. The molecule has 4 aliphatic rings. The van der Waals surface area contributed by atoms with Crippen LogP contribution in [0.15, 0.2) is 24.3 Å². The van der Waals surface area contributed by atoms with Gasteiger partial charge in [0.25, 0.3) is 0 Å². The van der Waals surface area contributed by atoms with Crippen LogP contribution in [0.2, 0.25) is 0 Å². The van der Waals surface area contributed by atoms with Gasteiger partial charge in [0.15, 0.2) is 0 Å². The summed E-state index contributed by atoms with van der Waals surface area (Å²) >= 11 is 0. The molecule has 0 saturated heterocycles. The molecule has 1 aromatic carbocycles. The molecule has 4 N–H and O–H groups in total. The van der Waals surface area contributed by atoms with E-state index >= 15 is 0 Å². The van der Waals surface area contributed by atoms with Crippen LogP contribution in [0.1, 0.15) is 97.7 Å². The third-order valence-corrected chi connectivity index (χ3v) is 13.2. The van der Waals surface area contributed by atoms with Gasteiger partial charge in [0.2, 0.25) is 0 Å². The zero-order valence-corrected chi connectivity index (χ0v) is 23.9. The van der Waals surface area contributed by atoms with Crippen molar-refractivity contribution in [2.45, 2.75) is 110 Å². The van der Waals surface area contributed by atoms with E-state index in [1.54, 1.807) is 0 Å². The molecule has 3 fully saturated rings. The molecule has 0 spiro atoms. The van der Waals surface area contributed by atoms with Crippen LogP contribution in [0.3, 0.4) is 0 Å². The monoisotopic (exact) mass is 507 g/mol. The summed E-state index contributed by atoms with van der Waals surface area (Å²) in [7, 11) is 0. The molecule has 0 amide bonds. The molecule has 4 heteroatoms. The number of hydrogen-bond acceptors (Lipinski definition) is 3. The minimum Gasteiger partial charge on any atom is -0.396 e. The highest BCUT2D eigenvalue weighted by atomic mass is 16.3. The molecule has 0 aliphatic heterocycles. The molecule has 1 aromatic heterocycles. The molecule has 0 unspecified atom stereocenters. The Balaban J connectivity index is 1.43. The fourth-order valence-electron chi connectivity index (χ4n) is 11.4. The number of rotatable bonds is 4. The number of aliphatic hydroxyl groups is 3. The largest absolute Gasteiger partial charge is 0.396 e. The lowest BCUT2D eigenvalue weighted by atomic mass is 9.35. The van der Waals surface area contributed by atoms with Gasteiger partial charge in [0.1, 0.15) is 0 Å². The second-order valence-electron chi connectivity index (χ2n) is 15.1. The number of nitrogens with one attached hydrogen (secondary N) is 1. The minimum absolute atomic E-state index is 0.00180. The highest BCUT2D eigenvalue weighted by molar-refractivity contribution is 5.85. The number of para-hydroxylation sites is 1. The van der Waals surface area contributed by atoms with Gasteiger partial charge in [-0.1, -0.05) is 52.8 Å². The van der Waals surface area contributed by atoms with Gasteiger partial charge in [0, 0.05) is 28.6 Å². The quantitative estimate of drug-likeness (QED) is 0.389. The number of benzene rings is 1. The number of aromatic amines is 1. The maximum atomic E-state index is 12.0. The Morgan fingerprint density at radius 3 is 2.43 bits per heavy atom. The second-order valence-corrected chi connectivity index (χ2v) is 15.1. The predicted octanol–water partition coefficient (Wildman–Crippen LogP) is 6.36. The van der Waals surface area contributed by atoms with Crippen LogP contribution in [-0.2, 0) is 11.8 Å². The first kappa shape index (κ1) is 25.9. The number of H-pyrrole nitrogens is 1. The number of aliphatic hydroxyl groups excluding tert-OH is 2. The standard InChI is InChI=1S/C33H49NO3/c1-29(2)25-13-16-31(4)26(30(25,3)19-21-20-10-7-8-11-23(20)34-28(21)29)18-24(36)27-22(12-15-32(27,31)5)33(6,37)14-9-17-35/h7-8,10-11,22,24-27,34-37H,9,12-19H2,1-6H3/t22-,24+,25-,26+,27-,30-,31+,32+,33-/m0/s1. The van der Waals surface area contributed by atoms with Gasteiger partial charge in [-0.2, -0.15) is 0 Å². The summed E-state index contributed by atoms with van der Waals surface area (Å²) in [5, 5.41) is 34.3. The average molecular weight is 508 g/mol. The molecule has 9 atom stereocenters. The predicted molar refractivity (Wildman–Crippen MR) is 149 cm³/mol. The van der Waals surface area contributed by atoms with Gasteiger partial charge in [-0.05, 0) is 110 Å². The second kappa shape index (κ2) is 8.08. The van der Waals surface area contributed by atoms with Crippen molar-refractivity contribution < 1.29 is 15.3 Å². The van der Waals surface area contributed by atoms with Crippen LogP contribution in [0.25, 0.3) is 10.9 Å². The Hall–Kier alpha value is -1.36. The van der Waals surface area contributed by atoms with Crippen molar-refractivity contribution >= 4 is 10.9 Å². The Bertz CT molecular complexity index is 1200. The van der Waals surface area contributed by atoms with Gasteiger partial charge >= 0.3 is 0 Å². The molecule has 4 aliphatic carbocycles. The molecule has 0 radical (unpaired) electrons. The Kier molecular flexibility index (Phi) is 5.66. The molecule has 2 aromatic rings. The van der Waals surface area contributed by atoms with Crippen molar-refractivity contribution in [3.8, 4) is 0 Å². The van der Waals surface area contributed by atoms with Crippen LogP contribution < -0.4 is 0 Å². The summed E-state index contributed by atoms with van der Waals surface area (Å²) in [6.45, 7) is 14.6. The Morgan fingerprint density at radius 2 is 1.70 bits per heavy atom. The first-order valence-corrected chi connectivity index (χ1v) is 14.9. The highest BCUT2D eigenvalue weighted by Gasteiger charge is 2.71. The smallest absolute Gasteiger partial charge is 0.0652 e. The van der Waals surface area contributed by atoms with Gasteiger partial charge < -0.3 is 20.3 Å². The lowest BCUT2D eigenvalue weighted by molar-refractivity contribution is -0.223. The fraction of sp³-hybridized carbons (Fsp3) is 0.758. The minimum atomic E-state index is -0.845. The van der Waals surface area contributed by atoms with E-state index in [9.17, 15) is 15.3 Å². The molecule has 4 nitrogen and oxygen atoms in total. The van der Waals surface area contributed by atoms with E-state index in [1.807, 2.05) is 6.92 Å². The summed E-state index contributed by atoms with van der Waals surface area (Å²) in [4.78, 5) is 3.84. The normalized spacial score (nSPS) is 44.0. The van der Waals surface area contributed by atoms with Crippen LogP contribution in [0.4, 0.5) is 0 Å². The fourth-order valence-corrected chi connectivity index (χ4v) is 11.4. The van der Waals surface area contributed by atoms with E-state index in [1.165, 1.54) is 35.0 Å². The molecular formula is C33H49NO3. The lowest BCUT2D eigenvalue weighted by Gasteiger charge is -2.70. The van der Waals surface area contributed by atoms with Crippen molar-refractivity contribution in [3.63, 3.8) is 0 Å². The molecule has 1 heterocycles. The summed E-state index contributed by atoms with van der Waals surface area (Å²) in [5.41, 5.74) is 3.64. The van der Waals surface area contributed by atoms with Crippen molar-refractivity contribution in [3.05, 3.63) is 35.5 Å².